The van der Waals surface area contributed by atoms with Gasteiger partial charge < -0.3 is 5.32 Å². The number of carbonyl (C=O) groups is 1. The van der Waals surface area contributed by atoms with Gasteiger partial charge in [0.15, 0.2) is 19.7 Å². The van der Waals surface area contributed by atoms with Gasteiger partial charge in [0.25, 0.3) is 5.91 Å². The molecule has 1 aromatic rings. The first-order valence-electron chi connectivity index (χ1n) is 7.28. The van der Waals surface area contributed by atoms with Gasteiger partial charge in [-0.1, -0.05) is 0 Å². The smallest absolute Gasteiger partial charge is 0.251 e. The van der Waals surface area contributed by atoms with Gasteiger partial charge in [-0.2, -0.15) is 0 Å². The summed E-state index contributed by atoms with van der Waals surface area (Å²) in [5.41, 5.74) is -0.0297. The molecule has 1 saturated heterocycles. The molecule has 1 aromatic carbocycles. The Labute approximate surface area is 137 Å². The minimum Gasteiger partial charge on any atom is -0.347 e. The number of sulfone groups is 2. The molecule has 0 unspecified atom stereocenters. The number of carbonyl (C=O) groups excluding carboxylic acids is 1. The fraction of sp³-hybridized carbons (Fsp3) is 0.533. The third kappa shape index (κ3) is 4.32. The largest absolute Gasteiger partial charge is 0.347 e. The Bertz CT molecular complexity index is 802. The standard InChI is InChI=1S/C15H21NO5S2/c1-15(2,3)16-14(17)11-4-6-12(7-5-11)23(20,21)13-8-9-22(18,19)10-13/h4-7,13H,8-10H2,1-3H3,(H,16,17)/t13-/m1/s1. The van der Waals surface area contributed by atoms with Crippen LogP contribution in [0.1, 0.15) is 37.6 Å². The molecule has 1 amide bonds. The fourth-order valence-corrected chi connectivity index (χ4v) is 6.77. The van der Waals surface area contributed by atoms with Crippen molar-refractivity contribution in [2.24, 2.45) is 0 Å². The molecule has 0 radical (unpaired) electrons. The van der Waals surface area contributed by atoms with Gasteiger partial charge in [0, 0.05) is 11.1 Å². The molecule has 1 fully saturated rings. The second-order valence-electron chi connectivity index (χ2n) is 6.80. The number of hydrogen-bond donors (Lipinski definition) is 1. The molecule has 0 spiro atoms. The number of rotatable bonds is 3. The van der Waals surface area contributed by atoms with Crippen molar-refractivity contribution in [1.82, 2.24) is 5.32 Å². The molecule has 6 nitrogen and oxygen atoms in total. The van der Waals surface area contributed by atoms with Crippen LogP contribution in [0, 0.1) is 0 Å². The summed E-state index contributed by atoms with van der Waals surface area (Å²) >= 11 is 0. The second-order valence-corrected chi connectivity index (χ2v) is 11.3. The molecule has 1 heterocycles. The van der Waals surface area contributed by atoms with E-state index in [1.165, 1.54) is 24.3 Å². The van der Waals surface area contributed by atoms with Gasteiger partial charge in [0.1, 0.15) is 0 Å². The van der Waals surface area contributed by atoms with Crippen LogP contribution in [0.25, 0.3) is 0 Å². The Morgan fingerprint density at radius 2 is 1.74 bits per heavy atom. The van der Waals surface area contributed by atoms with Crippen LogP contribution in [0.2, 0.25) is 0 Å². The van der Waals surface area contributed by atoms with Crippen molar-refractivity contribution < 1.29 is 21.6 Å². The Hall–Kier alpha value is -1.41. The fourth-order valence-electron chi connectivity index (χ4n) is 2.41. The molecule has 0 aliphatic carbocycles. The summed E-state index contributed by atoms with van der Waals surface area (Å²) in [7, 11) is -6.97. The Kier molecular flexibility index (Phi) is 4.60. The summed E-state index contributed by atoms with van der Waals surface area (Å²) in [6.45, 7) is 5.55. The summed E-state index contributed by atoms with van der Waals surface area (Å²) in [5, 5.41) is 1.89. The number of hydrogen-bond acceptors (Lipinski definition) is 5. The van der Waals surface area contributed by atoms with Crippen LogP contribution < -0.4 is 5.32 Å². The van der Waals surface area contributed by atoms with Crippen molar-refractivity contribution in [3.05, 3.63) is 29.8 Å². The third-order valence-corrected chi connectivity index (χ3v) is 7.75. The Balaban J connectivity index is 2.21. The molecular formula is C15H21NO5S2. The van der Waals surface area contributed by atoms with E-state index in [4.69, 9.17) is 0 Å². The van der Waals surface area contributed by atoms with Crippen LogP contribution in [-0.4, -0.2) is 45.0 Å². The van der Waals surface area contributed by atoms with E-state index in [-0.39, 0.29) is 34.3 Å². The quantitative estimate of drug-likeness (QED) is 0.874. The van der Waals surface area contributed by atoms with E-state index in [1.54, 1.807) is 0 Å². The average Bonchev–Trinajstić information content (AvgIpc) is 2.78. The lowest BCUT2D eigenvalue weighted by molar-refractivity contribution is 0.0919. The van der Waals surface area contributed by atoms with Crippen LogP contribution in [0.5, 0.6) is 0 Å². The molecular weight excluding hydrogens is 338 g/mol. The summed E-state index contributed by atoms with van der Waals surface area (Å²) in [4.78, 5) is 12.1. The molecule has 2 rings (SSSR count). The van der Waals surface area contributed by atoms with Crippen molar-refractivity contribution in [2.75, 3.05) is 11.5 Å². The summed E-state index contributed by atoms with van der Waals surface area (Å²) in [5.74, 6) is -0.713. The van der Waals surface area contributed by atoms with Crippen LogP contribution >= 0.6 is 0 Å². The van der Waals surface area contributed by atoms with E-state index < -0.39 is 24.9 Å². The summed E-state index contributed by atoms with van der Waals surface area (Å²) in [6.07, 6.45) is 0.122. The van der Waals surface area contributed by atoms with Gasteiger partial charge in [-0.3, -0.25) is 4.79 Å². The first-order chi connectivity index (χ1) is 10.4. The minimum atomic E-state index is -3.70. The second kappa shape index (κ2) is 5.90. The lowest BCUT2D eigenvalue weighted by Gasteiger charge is -2.20. The minimum absolute atomic E-state index is 0.0481. The van der Waals surface area contributed by atoms with Crippen LogP contribution in [0.15, 0.2) is 29.2 Å². The molecule has 0 aromatic heterocycles. The van der Waals surface area contributed by atoms with Crippen molar-refractivity contribution in [2.45, 2.75) is 42.9 Å². The highest BCUT2D eigenvalue weighted by atomic mass is 32.2. The highest BCUT2D eigenvalue weighted by Gasteiger charge is 2.38. The van der Waals surface area contributed by atoms with E-state index >= 15 is 0 Å². The van der Waals surface area contributed by atoms with E-state index in [9.17, 15) is 21.6 Å². The van der Waals surface area contributed by atoms with Gasteiger partial charge in [0.2, 0.25) is 0 Å². The van der Waals surface area contributed by atoms with E-state index in [1.807, 2.05) is 20.8 Å². The number of nitrogens with one attached hydrogen (secondary N) is 1. The van der Waals surface area contributed by atoms with Crippen molar-refractivity contribution in [3.8, 4) is 0 Å². The summed E-state index contributed by atoms with van der Waals surface area (Å²) in [6, 6.07) is 5.60. The lowest BCUT2D eigenvalue weighted by Crippen LogP contribution is -2.40. The molecule has 1 atom stereocenters. The monoisotopic (exact) mass is 359 g/mol. The molecule has 1 aliphatic heterocycles. The van der Waals surface area contributed by atoms with Crippen LogP contribution in [0.4, 0.5) is 0 Å². The van der Waals surface area contributed by atoms with E-state index in [0.717, 1.165) is 0 Å². The maximum atomic E-state index is 12.5. The molecule has 0 bridgehead atoms. The maximum absolute atomic E-state index is 12.5. The SMILES string of the molecule is CC(C)(C)NC(=O)c1ccc(S(=O)(=O)[C@@H]2CCS(=O)(=O)C2)cc1. The highest BCUT2D eigenvalue weighted by Crippen LogP contribution is 2.25. The molecule has 1 N–H and O–H groups in total. The van der Waals surface area contributed by atoms with Crippen LogP contribution in [0.3, 0.4) is 0 Å². The topological polar surface area (TPSA) is 97.4 Å². The third-order valence-electron chi connectivity index (χ3n) is 3.56. The average molecular weight is 359 g/mol. The summed E-state index contributed by atoms with van der Waals surface area (Å²) < 4.78 is 47.9. The Morgan fingerprint density at radius 1 is 1.17 bits per heavy atom. The Morgan fingerprint density at radius 3 is 2.17 bits per heavy atom. The highest BCUT2D eigenvalue weighted by molar-refractivity contribution is 7.96. The molecule has 128 valence electrons. The first-order valence-corrected chi connectivity index (χ1v) is 10.6. The van der Waals surface area contributed by atoms with Gasteiger partial charge in [-0.25, -0.2) is 16.8 Å². The lowest BCUT2D eigenvalue weighted by atomic mass is 10.1. The van der Waals surface area contributed by atoms with Gasteiger partial charge in [-0.15, -0.1) is 0 Å². The normalized spacial score (nSPS) is 21.1. The molecule has 23 heavy (non-hydrogen) atoms. The molecule has 0 saturated carbocycles. The zero-order chi connectivity index (χ0) is 17.5. The van der Waals surface area contributed by atoms with Crippen molar-refractivity contribution in [1.29, 1.82) is 0 Å². The molecule has 8 heteroatoms. The predicted molar refractivity (Wildman–Crippen MR) is 87.9 cm³/mol. The van der Waals surface area contributed by atoms with Gasteiger partial charge in [-0.05, 0) is 51.5 Å². The van der Waals surface area contributed by atoms with Crippen molar-refractivity contribution in [3.63, 3.8) is 0 Å². The van der Waals surface area contributed by atoms with Gasteiger partial charge in [0.05, 0.1) is 21.7 Å². The zero-order valence-corrected chi connectivity index (χ0v) is 15.0. The predicted octanol–water partition coefficient (Wildman–Crippen LogP) is 1.18. The van der Waals surface area contributed by atoms with E-state index in [0.29, 0.717) is 5.56 Å². The number of benzene rings is 1. The maximum Gasteiger partial charge on any atom is 0.251 e. The van der Waals surface area contributed by atoms with Crippen molar-refractivity contribution >= 4 is 25.6 Å². The zero-order valence-electron chi connectivity index (χ0n) is 13.4. The molecule has 1 aliphatic rings. The first kappa shape index (κ1) is 17.9. The van der Waals surface area contributed by atoms with E-state index in [2.05, 4.69) is 5.32 Å². The number of amides is 1. The van der Waals surface area contributed by atoms with Gasteiger partial charge >= 0.3 is 0 Å². The van der Waals surface area contributed by atoms with Crippen LogP contribution in [-0.2, 0) is 19.7 Å².